The van der Waals surface area contributed by atoms with Gasteiger partial charge in [-0.1, -0.05) is 11.6 Å². The number of aliphatic imine (C=N–C) groups is 1. The molecule has 0 radical (unpaired) electrons. The van der Waals surface area contributed by atoms with E-state index in [4.69, 9.17) is 16.3 Å². The Hall–Kier alpha value is -1.74. The molecule has 2 aromatic rings. The lowest BCUT2D eigenvalue weighted by Crippen LogP contribution is -1.95. The van der Waals surface area contributed by atoms with E-state index < -0.39 is 0 Å². The minimum Gasteiger partial charge on any atom is -0.495 e. The van der Waals surface area contributed by atoms with Gasteiger partial charge in [0.15, 0.2) is 0 Å². The lowest BCUT2D eigenvalue weighted by molar-refractivity contribution is 0.415. The van der Waals surface area contributed by atoms with Crippen molar-refractivity contribution in [2.75, 3.05) is 7.11 Å². The van der Waals surface area contributed by atoms with Crippen LogP contribution < -0.4 is 4.74 Å². The van der Waals surface area contributed by atoms with E-state index in [9.17, 15) is 0 Å². The number of ether oxygens (including phenoxy) is 1. The summed E-state index contributed by atoms with van der Waals surface area (Å²) in [5.41, 5.74) is 1.88. The van der Waals surface area contributed by atoms with Gasteiger partial charge < -0.3 is 9.30 Å². The molecule has 4 heteroatoms. The zero-order chi connectivity index (χ0) is 13.8. The number of aromatic nitrogens is 1. The number of halogens is 1. The zero-order valence-electron chi connectivity index (χ0n) is 11.3. The first kappa shape index (κ1) is 13.7. The number of methoxy groups -OCH3 is 1. The predicted octanol–water partition coefficient (Wildman–Crippen LogP) is 4.48. The van der Waals surface area contributed by atoms with Crippen molar-refractivity contribution < 1.29 is 4.74 Å². The molecule has 0 N–H and O–H groups in total. The highest BCUT2D eigenvalue weighted by atomic mass is 35.5. The van der Waals surface area contributed by atoms with E-state index in [1.165, 1.54) is 0 Å². The molecule has 0 aliphatic heterocycles. The number of hydrogen-bond acceptors (Lipinski definition) is 2. The first-order valence-corrected chi connectivity index (χ1v) is 6.53. The molecular formula is C15H17ClN2O. The fourth-order valence-electron chi connectivity index (χ4n) is 1.71. The molecule has 100 valence electrons. The molecule has 0 amide bonds. The summed E-state index contributed by atoms with van der Waals surface area (Å²) in [6, 6.07) is 7.97. The van der Waals surface area contributed by atoms with Crippen molar-refractivity contribution in [3.05, 3.63) is 47.2 Å². The Balaban J connectivity index is 2.15. The van der Waals surface area contributed by atoms with Crippen LogP contribution in [0.4, 0.5) is 5.69 Å². The monoisotopic (exact) mass is 276 g/mol. The van der Waals surface area contributed by atoms with E-state index in [1.807, 2.05) is 30.6 Å². The van der Waals surface area contributed by atoms with Gasteiger partial charge >= 0.3 is 0 Å². The molecule has 0 saturated heterocycles. The van der Waals surface area contributed by atoms with Gasteiger partial charge in [0.05, 0.1) is 17.8 Å². The molecule has 0 spiro atoms. The highest BCUT2D eigenvalue weighted by Gasteiger charge is 2.01. The van der Waals surface area contributed by atoms with Crippen LogP contribution in [0.1, 0.15) is 25.5 Å². The van der Waals surface area contributed by atoms with E-state index in [-0.39, 0.29) is 0 Å². The van der Waals surface area contributed by atoms with Crippen LogP contribution in [0, 0.1) is 0 Å². The van der Waals surface area contributed by atoms with Crippen molar-refractivity contribution in [2.24, 2.45) is 4.99 Å². The molecule has 1 heterocycles. The summed E-state index contributed by atoms with van der Waals surface area (Å²) in [6.07, 6.45) is 5.95. The quantitative estimate of drug-likeness (QED) is 0.756. The topological polar surface area (TPSA) is 26.5 Å². The van der Waals surface area contributed by atoms with Crippen LogP contribution in [0.3, 0.4) is 0 Å². The number of hydrogen-bond donors (Lipinski definition) is 0. The van der Waals surface area contributed by atoms with Crippen LogP contribution in [-0.2, 0) is 0 Å². The molecule has 0 atom stereocenters. The minimum atomic E-state index is 0.456. The Kier molecular flexibility index (Phi) is 4.27. The van der Waals surface area contributed by atoms with Crippen LogP contribution in [0.2, 0.25) is 5.02 Å². The van der Waals surface area contributed by atoms with Crippen LogP contribution in [0.25, 0.3) is 0 Å². The van der Waals surface area contributed by atoms with Crippen molar-refractivity contribution >= 4 is 23.5 Å². The zero-order valence-corrected chi connectivity index (χ0v) is 12.1. The van der Waals surface area contributed by atoms with Gasteiger partial charge in [-0.2, -0.15) is 0 Å². The second-order valence-electron chi connectivity index (χ2n) is 4.56. The molecule has 2 rings (SSSR count). The van der Waals surface area contributed by atoms with Gasteiger partial charge in [-0.3, -0.25) is 4.99 Å². The van der Waals surface area contributed by atoms with E-state index in [0.29, 0.717) is 16.8 Å². The van der Waals surface area contributed by atoms with Crippen molar-refractivity contribution in [1.82, 2.24) is 4.57 Å². The summed E-state index contributed by atoms with van der Waals surface area (Å²) in [5.74, 6) is 0.659. The Morgan fingerprint density at radius 2 is 2.11 bits per heavy atom. The molecule has 0 aliphatic carbocycles. The molecule has 1 aromatic carbocycles. The normalized spacial score (nSPS) is 11.4. The molecule has 0 unspecified atom stereocenters. The summed E-state index contributed by atoms with van der Waals surface area (Å²) in [5, 5.41) is 0.567. The van der Waals surface area contributed by atoms with Crippen molar-refractivity contribution in [1.29, 1.82) is 0 Å². The van der Waals surface area contributed by atoms with Crippen LogP contribution in [0.15, 0.2) is 41.7 Å². The molecule has 0 fully saturated rings. The van der Waals surface area contributed by atoms with E-state index in [2.05, 4.69) is 29.6 Å². The lowest BCUT2D eigenvalue weighted by Gasteiger charge is -2.04. The Bertz CT molecular complexity index is 588. The Morgan fingerprint density at radius 3 is 2.68 bits per heavy atom. The standard InChI is InChI=1S/C15H17ClN2O/c1-11(2)18-7-6-12(10-18)9-17-13-4-5-15(19-3)14(16)8-13/h4-11H,1-3H3. The van der Waals surface area contributed by atoms with Crippen molar-refractivity contribution in [2.45, 2.75) is 19.9 Å². The third-order valence-electron chi connectivity index (χ3n) is 2.83. The van der Waals surface area contributed by atoms with Gasteiger partial charge in [0, 0.05) is 30.2 Å². The molecule has 19 heavy (non-hydrogen) atoms. The average molecular weight is 277 g/mol. The number of benzene rings is 1. The van der Waals surface area contributed by atoms with Gasteiger partial charge in [0.2, 0.25) is 0 Å². The predicted molar refractivity (Wildman–Crippen MR) is 80.1 cm³/mol. The third-order valence-corrected chi connectivity index (χ3v) is 3.13. The fourth-order valence-corrected chi connectivity index (χ4v) is 1.96. The summed E-state index contributed by atoms with van der Waals surface area (Å²) in [7, 11) is 1.60. The van der Waals surface area contributed by atoms with Crippen LogP contribution in [-0.4, -0.2) is 17.9 Å². The average Bonchev–Trinajstić information content (AvgIpc) is 2.85. The summed E-state index contributed by atoms with van der Waals surface area (Å²) in [4.78, 5) is 4.41. The Morgan fingerprint density at radius 1 is 1.32 bits per heavy atom. The third kappa shape index (κ3) is 3.38. The van der Waals surface area contributed by atoms with E-state index in [0.717, 1.165) is 11.3 Å². The van der Waals surface area contributed by atoms with Gasteiger partial charge in [-0.05, 0) is 38.1 Å². The van der Waals surface area contributed by atoms with Crippen LogP contribution in [0.5, 0.6) is 5.75 Å². The highest BCUT2D eigenvalue weighted by Crippen LogP contribution is 2.28. The minimum absolute atomic E-state index is 0.456. The summed E-state index contributed by atoms with van der Waals surface area (Å²) in [6.45, 7) is 4.29. The SMILES string of the molecule is COc1ccc(N=Cc2ccn(C(C)C)c2)cc1Cl. The summed E-state index contributed by atoms with van der Waals surface area (Å²) < 4.78 is 7.25. The van der Waals surface area contributed by atoms with Crippen molar-refractivity contribution in [3.63, 3.8) is 0 Å². The molecule has 3 nitrogen and oxygen atoms in total. The lowest BCUT2D eigenvalue weighted by atomic mass is 10.3. The van der Waals surface area contributed by atoms with Crippen molar-refractivity contribution in [3.8, 4) is 5.75 Å². The smallest absolute Gasteiger partial charge is 0.137 e. The van der Waals surface area contributed by atoms with E-state index in [1.54, 1.807) is 13.2 Å². The highest BCUT2D eigenvalue weighted by molar-refractivity contribution is 6.32. The Labute approximate surface area is 118 Å². The van der Waals surface area contributed by atoms with Gasteiger partial charge in [-0.15, -0.1) is 0 Å². The second-order valence-corrected chi connectivity index (χ2v) is 4.97. The van der Waals surface area contributed by atoms with Crippen LogP contribution >= 0.6 is 11.6 Å². The molecule has 0 saturated carbocycles. The maximum Gasteiger partial charge on any atom is 0.137 e. The number of nitrogens with zero attached hydrogens (tertiary/aromatic N) is 2. The second kappa shape index (κ2) is 5.93. The maximum atomic E-state index is 6.05. The van der Waals surface area contributed by atoms with E-state index >= 15 is 0 Å². The molecule has 1 aromatic heterocycles. The first-order chi connectivity index (χ1) is 9.10. The molecular weight excluding hydrogens is 260 g/mol. The largest absolute Gasteiger partial charge is 0.495 e. The summed E-state index contributed by atoms with van der Waals surface area (Å²) >= 11 is 6.05. The fraction of sp³-hybridized carbons (Fsp3) is 0.267. The van der Waals surface area contributed by atoms with Gasteiger partial charge in [0.25, 0.3) is 0 Å². The van der Waals surface area contributed by atoms with Gasteiger partial charge in [-0.25, -0.2) is 0 Å². The first-order valence-electron chi connectivity index (χ1n) is 6.15. The van der Waals surface area contributed by atoms with Gasteiger partial charge in [0.1, 0.15) is 5.75 Å². The maximum absolute atomic E-state index is 6.05. The molecule has 0 aliphatic rings. The number of rotatable bonds is 4. The molecule has 0 bridgehead atoms.